The molecule has 0 atom stereocenters. The van der Waals surface area contributed by atoms with Crippen molar-refractivity contribution in [2.24, 2.45) is 0 Å². The normalized spacial score (nSPS) is 15.9. The van der Waals surface area contributed by atoms with Crippen LogP contribution in [0.5, 0.6) is 0 Å². The molecule has 25 heavy (non-hydrogen) atoms. The molecule has 1 saturated heterocycles. The molecule has 3 aromatic rings. The van der Waals surface area contributed by atoms with Crippen molar-refractivity contribution >= 4 is 16.9 Å². The summed E-state index contributed by atoms with van der Waals surface area (Å²) in [5.74, 6) is 2.12. The first kappa shape index (κ1) is 16.0. The molecule has 4 rings (SSSR count). The Morgan fingerprint density at radius 1 is 1.04 bits per heavy atom. The van der Waals surface area contributed by atoms with Crippen LogP contribution in [0.2, 0.25) is 0 Å². The maximum absolute atomic E-state index is 4.72. The van der Waals surface area contributed by atoms with Crippen molar-refractivity contribution in [2.45, 2.75) is 27.3 Å². The number of nitrogens with zero attached hydrogens (tertiary/aromatic N) is 5. The van der Waals surface area contributed by atoms with Crippen LogP contribution in [0.25, 0.3) is 11.0 Å². The fraction of sp³-hybridized carbons (Fsp3) is 0.421. The third-order valence-electron chi connectivity index (χ3n) is 5.04. The Kier molecular flexibility index (Phi) is 4.13. The van der Waals surface area contributed by atoms with E-state index in [-0.39, 0.29) is 0 Å². The zero-order chi connectivity index (χ0) is 17.4. The van der Waals surface area contributed by atoms with Gasteiger partial charge in [-0.05, 0) is 38.5 Å². The molecule has 0 unspecified atom stereocenters. The minimum Gasteiger partial charge on any atom is -0.354 e. The average Bonchev–Trinajstić information content (AvgIpc) is 2.99. The number of H-pyrrole nitrogens is 1. The molecule has 0 radical (unpaired) electrons. The number of aryl methyl sites for hydroxylation is 2. The van der Waals surface area contributed by atoms with Gasteiger partial charge in [0.2, 0.25) is 0 Å². The number of nitrogens with one attached hydrogen (secondary N) is 1. The lowest BCUT2D eigenvalue weighted by molar-refractivity contribution is 0.244. The second kappa shape index (κ2) is 6.44. The molecule has 3 heterocycles. The van der Waals surface area contributed by atoms with Crippen LogP contribution in [0.1, 0.15) is 22.6 Å². The standard InChI is InChI=1S/C19H24N6/c1-13-4-5-16-17(10-13)23-18(22-16)11-24-6-8-25(9-7-24)19-14(2)15(3)20-12-21-19/h4-5,10,12H,6-9,11H2,1-3H3,(H,22,23). The summed E-state index contributed by atoms with van der Waals surface area (Å²) in [6.45, 7) is 11.1. The molecular formula is C19H24N6. The van der Waals surface area contributed by atoms with Crippen LogP contribution in [0.3, 0.4) is 0 Å². The molecule has 130 valence electrons. The predicted molar refractivity (Wildman–Crippen MR) is 99.8 cm³/mol. The number of hydrogen-bond acceptors (Lipinski definition) is 5. The van der Waals surface area contributed by atoms with Crippen LogP contribution >= 0.6 is 0 Å². The third kappa shape index (κ3) is 3.22. The van der Waals surface area contributed by atoms with Crippen LogP contribution < -0.4 is 4.90 Å². The maximum atomic E-state index is 4.72. The van der Waals surface area contributed by atoms with Gasteiger partial charge in [0.15, 0.2) is 0 Å². The average molecular weight is 336 g/mol. The number of rotatable bonds is 3. The highest BCUT2D eigenvalue weighted by Gasteiger charge is 2.21. The molecule has 0 aliphatic carbocycles. The lowest BCUT2D eigenvalue weighted by Gasteiger charge is -2.35. The molecule has 1 N–H and O–H groups in total. The van der Waals surface area contributed by atoms with Gasteiger partial charge in [-0.3, -0.25) is 4.90 Å². The molecule has 1 aromatic carbocycles. The van der Waals surface area contributed by atoms with Crippen molar-refractivity contribution in [1.29, 1.82) is 0 Å². The molecule has 0 spiro atoms. The highest BCUT2D eigenvalue weighted by Crippen LogP contribution is 2.20. The summed E-state index contributed by atoms with van der Waals surface area (Å²) in [6, 6.07) is 6.35. The molecule has 1 fully saturated rings. The van der Waals surface area contributed by atoms with E-state index in [1.807, 2.05) is 6.92 Å². The number of fused-ring (bicyclic) bond motifs is 1. The highest BCUT2D eigenvalue weighted by molar-refractivity contribution is 5.75. The number of imidazole rings is 1. The number of aromatic nitrogens is 4. The van der Waals surface area contributed by atoms with Crippen molar-refractivity contribution in [3.05, 3.63) is 47.2 Å². The Labute approximate surface area is 147 Å². The lowest BCUT2D eigenvalue weighted by atomic mass is 10.2. The van der Waals surface area contributed by atoms with E-state index in [0.717, 1.165) is 61.1 Å². The van der Waals surface area contributed by atoms with Gasteiger partial charge >= 0.3 is 0 Å². The highest BCUT2D eigenvalue weighted by atomic mass is 15.3. The van der Waals surface area contributed by atoms with Crippen molar-refractivity contribution in [3.8, 4) is 0 Å². The van der Waals surface area contributed by atoms with E-state index < -0.39 is 0 Å². The number of piperazine rings is 1. The SMILES string of the molecule is Cc1ccc2nc(CN3CCN(c4ncnc(C)c4C)CC3)[nH]c2c1. The Hall–Kier alpha value is -2.47. The summed E-state index contributed by atoms with van der Waals surface area (Å²) < 4.78 is 0. The van der Waals surface area contributed by atoms with Gasteiger partial charge in [-0.1, -0.05) is 6.07 Å². The molecule has 2 aromatic heterocycles. The van der Waals surface area contributed by atoms with Gasteiger partial charge in [0, 0.05) is 37.4 Å². The van der Waals surface area contributed by atoms with E-state index in [1.54, 1.807) is 6.33 Å². The van der Waals surface area contributed by atoms with Gasteiger partial charge in [-0.15, -0.1) is 0 Å². The fourth-order valence-corrected chi connectivity index (χ4v) is 3.43. The molecule has 0 saturated carbocycles. The third-order valence-corrected chi connectivity index (χ3v) is 5.04. The van der Waals surface area contributed by atoms with Crippen LogP contribution in [0, 0.1) is 20.8 Å². The van der Waals surface area contributed by atoms with E-state index >= 15 is 0 Å². The topological polar surface area (TPSA) is 60.9 Å². The summed E-state index contributed by atoms with van der Waals surface area (Å²) in [5, 5.41) is 0. The molecule has 6 nitrogen and oxygen atoms in total. The fourth-order valence-electron chi connectivity index (χ4n) is 3.43. The molecule has 1 aliphatic heterocycles. The van der Waals surface area contributed by atoms with Gasteiger partial charge in [-0.25, -0.2) is 15.0 Å². The summed E-state index contributed by atoms with van der Waals surface area (Å²) in [5.41, 5.74) is 5.67. The van der Waals surface area contributed by atoms with Crippen LogP contribution in [-0.4, -0.2) is 51.0 Å². The zero-order valence-electron chi connectivity index (χ0n) is 15.1. The minimum absolute atomic E-state index is 0.864. The number of aromatic amines is 1. The van der Waals surface area contributed by atoms with Gasteiger partial charge in [0.05, 0.1) is 17.6 Å². The molecular weight excluding hydrogens is 312 g/mol. The van der Waals surface area contributed by atoms with Gasteiger partial charge in [-0.2, -0.15) is 0 Å². The van der Waals surface area contributed by atoms with Gasteiger partial charge < -0.3 is 9.88 Å². The first-order valence-corrected chi connectivity index (χ1v) is 8.81. The molecule has 0 amide bonds. The Bertz CT molecular complexity index is 892. The van der Waals surface area contributed by atoms with E-state index in [4.69, 9.17) is 4.98 Å². The largest absolute Gasteiger partial charge is 0.354 e. The molecule has 1 aliphatic rings. The number of anilines is 1. The van der Waals surface area contributed by atoms with E-state index in [0.29, 0.717) is 0 Å². The first-order valence-electron chi connectivity index (χ1n) is 8.81. The van der Waals surface area contributed by atoms with Crippen molar-refractivity contribution < 1.29 is 0 Å². The quantitative estimate of drug-likeness (QED) is 0.797. The Morgan fingerprint density at radius 2 is 1.84 bits per heavy atom. The first-order chi connectivity index (χ1) is 12.1. The summed E-state index contributed by atoms with van der Waals surface area (Å²) in [6.07, 6.45) is 1.67. The van der Waals surface area contributed by atoms with E-state index in [1.165, 1.54) is 11.1 Å². The van der Waals surface area contributed by atoms with E-state index in [9.17, 15) is 0 Å². The van der Waals surface area contributed by atoms with Crippen molar-refractivity contribution in [1.82, 2.24) is 24.8 Å². The smallest absolute Gasteiger partial charge is 0.135 e. The summed E-state index contributed by atoms with van der Waals surface area (Å²) in [4.78, 5) is 21.7. The molecule has 0 bridgehead atoms. The minimum atomic E-state index is 0.864. The van der Waals surface area contributed by atoms with Crippen LogP contribution in [-0.2, 0) is 6.54 Å². The lowest BCUT2D eigenvalue weighted by Crippen LogP contribution is -2.46. The van der Waals surface area contributed by atoms with Crippen LogP contribution in [0.15, 0.2) is 24.5 Å². The molecule has 6 heteroatoms. The maximum Gasteiger partial charge on any atom is 0.135 e. The summed E-state index contributed by atoms with van der Waals surface area (Å²) >= 11 is 0. The van der Waals surface area contributed by atoms with Gasteiger partial charge in [0.1, 0.15) is 18.0 Å². The summed E-state index contributed by atoms with van der Waals surface area (Å²) in [7, 11) is 0. The second-order valence-electron chi connectivity index (χ2n) is 6.87. The van der Waals surface area contributed by atoms with Crippen LogP contribution in [0.4, 0.5) is 5.82 Å². The zero-order valence-corrected chi connectivity index (χ0v) is 15.1. The van der Waals surface area contributed by atoms with Gasteiger partial charge in [0.25, 0.3) is 0 Å². The Balaban J connectivity index is 1.42. The second-order valence-corrected chi connectivity index (χ2v) is 6.87. The monoisotopic (exact) mass is 336 g/mol. The number of benzene rings is 1. The Morgan fingerprint density at radius 3 is 2.64 bits per heavy atom. The van der Waals surface area contributed by atoms with Crippen molar-refractivity contribution in [2.75, 3.05) is 31.1 Å². The van der Waals surface area contributed by atoms with Crippen molar-refractivity contribution in [3.63, 3.8) is 0 Å². The number of hydrogen-bond donors (Lipinski definition) is 1. The van der Waals surface area contributed by atoms with E-state index in [2.05, 4.69) is 56.8 Å². The predicted octanol–water partition coefficient (Wildman–Crippen LogP) is 2.60.